The van der Waals surface area contributed by atoms with Crippen molar-refractivity contribution in [2.75, 3.05) is 31.5 Å². The number of anilines is 2. The molecule has 0 bridgehead atoms. The first kappa shape index (κ1) is 26.4. The van der Waals surface area contributed by atoms with Gasteiger partial charge in [-0.05, 0) is 67.6 Å². The molecule has 7 nitrogen and oxygen atoms in total. The first-order chi connectivity index (χ1) is 17.2. The highest BCUT2D eigenvalue weighted by Crippen LogP contribution is 2.47. The fourth-order valence-electron chi connectivity index (χ4n) is 3.83. The molecule has 0 radical (unpaired) electrons. The second kappa shape index (κ2) is 11.1. The van der Waals surface area contributed by atoms with Crippen molar-refractivity contribution in [3.8, 4) is 5.75 Å². The van der Waals surface area contributed by atoms with Crippen molar-refractivity contribution in [1.82, 2.24) is 9.97 Å². The Hall–Kier alpha value is -2.68. The number of hydrogen-bond acceptors (Lipinski definition) is 7. The lowest BCUT2D eigenvalue weighted by molar-refractivity contribution is -0.150. The van der Waals surface area contributed by atoms with Crippen LogP contribution in [0.3, 0.4) is 0 Å². The van der Waals surface area contributed by atoms with Gasteiger partial charge in [0.15, 0.2) is 0 Å². The normalized spacial score (nSPS) is 14.5. The second-order valence-electron chi connectivity index (χ2n) is 10.4. The van der Waals surface area contributed by atoms with Crippen molar-refractivity contribution in [2.45, 2.75) is 45.5 Å². The van der Waals surface area contributed by atoms with E-state index in [9.17, 15) is 4.79 Å². The molecule has 2 heterocycles. The summed E-state index contributed by atoms with van der Waals surface area (Å²) < 4.78 is 17.4. The Bertz CT molecular complexity index is 1200. The summed E-state index contributed by atoms with van der Waals surface area (Å²) in [6.45, 7) is 10.6. The molecule has 9 heteroatoms. The van der Waals surface area contributed by atoms with Gasteiger partial charge in [0, 0.05) is 26.3 Å². The predicted octanol–water partition coefficient (Wildman–Crippen LogP) is 6.46. The van der Waals surface area contributed by atoms with Crippen LogP contribution in [0.4, 0.5) is 11.5 Å². The monoisotopic (exact) mass is 527 g/mol. The minimum atomic E-state index is -1.21. The molecule has 1 aliphatic rings. The summed E-state index contributed by atoms with van der Waals surface area (Å²) in [5.41, 5.74) is 0.345. The van der Waals surface area contributed by atoms with Crippen LogP contribution >= 0.6 is 11.6 Å². The number of carbonyl (C=O) groups excluding carboxylic acids is 1. The summed E-state index contributed by atoms with van der Waals surface area (Å²) in [5, 5.41) is 2.37. The van der Waals surface area contributed by atoms with Crippen molar-refractivity contribution in [2.24, 2.45) is 5.41 Å². The lowest BCUT2D eigenvalue weighted by Gasteiger charge is -2.25. The van der Waals surface area contributed by atoms with Crippen LogP contribution in [0.1, 0.15) is 19.8 Å². The van der Waals surface area contributed by atoms with Crippen LogP contribution in [-0.4, -0.2) is 50.6 Å². The van der Waals surface area contributed by atoms with Gasteiger partial charge in [-0.15, -0.1) is 0 Å². The molecular weight excluding hydrogens is 494 g/mol. The molecule has 0 N–H and O–H groups in total. The highest BCUT2D eigenvalue weighted by atomic mass is 35.5. The van der Waals surface area contributed by atoms with Gasteiger partial charge >= 0.3 is 5.97 Å². The first-order valence-electron chi connectivity index (χ1n) is 12.4. The molecule has 4 rings (SSSR count). The third-order valence-corrected chi connectivity index (χ3v) is 8.22. The molecule has 0 saturated heterocycles. The van der Waals surface area contributed by atoms with Gasteiger partial charge in [0.2, 0.25) is 0 Å². The maximum atomic E-state index is 12.3. The molecule has 36 heavy (non-hydrogen) atoms. The van der Waals surface area contributed by atoms with E-state index >= 15 is 0 Å². The van der Waals surface area contributed by atoms with Crippen molar-refractivity contribution >= 4 is 47.9 Å². The van der Waals surface area contributed by atoms with Crippen LogP contribution in [0.2, 0.25) is 30.8 Å². The maximum absolute atomic E-state index is 12.3. The zero-order valence-corrected chi connectivity index (χ0v) is 23.2. The average Bonchev–Trinajstić information content (AvgIpc) is 3.64. The van der Waals surface area contributed by atoms with Gasteiger partial charge in [0.1, 0.15) is 35.5 Å². The average molecular weight is 528 g/mol. The van der Waals surface area contributed by atoms with Gasteiger partial charge in [-0.3, -0.25) is 4.79 Å². The van der Waals surface area contributed by atoms with E-state index in [4.69, 9.17) is 30.8 Å². The zero-order chi connectivity index (χ0) is 25.8. The number of fused-ring (bicyclic) bond motifs is 1. The van der Waals surface area contributed by atoms with Gasteiger partial charge in [0.05, 0.1) is 18.5 Å². The Morgan fingerprint density at radius 1 is 1.14 bits per heavy atom. The molecule has 0 spiro atoms. The second-order valence-corrected chi connectivity index (χ2v) is 16.4. The van der Waals surface area contributed by atoms with Crippen LogP contribution < -0.4 is 9.64 Å². The molecule has 2 aromatic heterocycles. The Morgan fingerprint density at radius 2 is 1.94 bits per heavy atom. The van der Waals surface area contributed by atoms with Crippen molar-refractivity contribution in [3.63, 3.8) is 0 Å². The number of benzene rings is 1. The molecule has 1 saturated carbocycles. The van der Waals surface area contributed by atoms with Crippen molar-refractivity contribution < 1.29 is 19.0 Å². The molecule has 1 aliphatic carbocycles. The molecule has 0 aliphatic heterocycles. The third kappa shape index (κ3) is 6.54. The van der Waals surface area contributed by atoms with Crippen molar-refractivity contribution in [1.29, 1.82) is 0 Å². The smallest absolute Gasteiger partial charge is 0.315 e. The third-order valence-electron chi connectivity index (χ3n) is 6.29. The number of halogens is 1. The van der Waals surface area contributed by atoms with E-state index in [0.717, 1.165) is 41.2 Å². The summed E-state index contributed by atoms with van der Waals surface area (Å²) in [7, 11) is -1.21. The summed E-state index contributed by atoms with van der Waals surface area (Å²) in [4.78, 5) is 23.2. The molecule has 0 amide bonds. The number of ether oxygens (including phenoxy) is 3. The highest BCUT2D eigenvalue weighted by molar-refractivity contribution is 6.76. The van der Waals surface area contributed by atoms with Gasteiger partial charge in [-0.2, -0.15) is 0 Å². The molecule has 1 fully saturated rings. The zero-order valence-electron chi connectivity index (χ0n) is 21.4. The van der Waals surface area contributed by atoms with Crippen LogP contribution in [0.15, 0.2) is 48.8 Å². The summed E-state index contributed by atoms with van der Waals surface area (Å²) in [6, 6.07) is 12.6. The van der Waals surface area contributed by atoms with Gasteiger partial charge < -0.3 is 19.1 Å². The quantitative estimate of drug-likeness (QED) is 0.0879. The number of aromatic nitrogens is 2. The summed E-state index contributed by atoms with van der Waals surface area (Å²) in [5.74, 6) is 1.31. The largest absolute Gasteiger partial charge is 0.492 e. The van der Waals surface area contributed by atoms with E-state index < -0.39 is 13.5 Å². The lowest BCUT2D eigenvalue weighted by atomic mass is 10.1. The lowest BCUT2D eigenvalue weighted by Crippen LogP contribution is -2.26. The van der Waals surface area contributed by atoms with Gasteiger partial charge in [-0.25, -0.2) is 9.97 Å². The molecular formula is C27H34ClN3O4Si. The van der Waals surface area contributed by atoms with Crippen LogP contribution in [0, 0.1) is 5.41 Å². The van der Waals surface area contributed by atoms with Crippen LogP contribution in [0.25, 0.3) is 10.8 Å². The molecule has 192 valence electrons. The summed E-state index contributed by atoms with van der Waals surface area (Å²) >= 11 is 6.04. The van der Waals surface area contributed by atoms with Crippen LogP contribution in [0.5, 0.6) is 5.75 Å². The van der Waals surface area contributed by atoms with E-state index in [1.807, 2.05) is 42.2 Å². The van der Waals surface area contributed by atoms with E-state index in [1.165, 1.54) is 0 Å². The number of hydrogen-bond donors (Lipinski definition) is 0. The Balaban J connectivity index is 1.56. The standard InChI is InChI=1S/C27H34ClN3O4Si/c1-5-34-26(32)27(11-12-27)18-35-22-7-8-23-20(16-22)10-13-29-25(23)31(19-33-14-15-36(2,3)4)21-6-9-24(28)30-17-21/h6-10,13,16-17H,5,11-12,14-15,18-19H2,1-4H3. The molecule has 0 unspecified atom stereocenters. The number of rotatable bonds is 12. The van der Waals surface area contributed by atoms with Crippen LogP contribution in [-0.2, 0) is 14.3 Å². The van der Waals surface area contributed by atoms with E-state index in [2.05, 4.69) is 24.6 Å². The fourth-order valence-corrected chi connectivity index (χ4v) is 4.70. The van der Waals surface area contributed by atoms with E-state index in [0.29, 0.717) is 37.5 Å². The SMILES string of the molecule is CCOC(=O)C1(COc2ccc3c(N(COCC[Si](C)(C)C)c4ccc(Cl)nc4)nccc3c2)CC1. The molecule has 3 aromatic rings. The van der Waals surface area contributed by atoms with Gasteiger partial charge in [0.25, 0.3) is 0 Å². The maximum Gasteiger partial charge on any atom is 0.315 e. The Morgan fingerprint density at radius 3 is 2.61 bits per heavy atom. The van der Waals surface area contributed by atoms with Gasteiger partial charge in [-0.1, -0.05) is 31.2 Å². The number of carbonyl (C=O) groups is 1. The Labute approximate surface area is 218 Å². The number of esters is 1. The highest BCUT2D eigenvalue weighted by Gasteiger charge is 2.52. The summed E-state index contributed by atoms with van der Waals surface area (Å²) in [6.07, 6.45) is 5.11. The van der Waals surface area contributed by atoms with E-state index in [1.54, 1.807) is 18.5 Å². The minimum Gasteiger partial charge on any atom is -0.492 e. The molecule has 0 atom stereocenters. The first-order valence-corrected chi connectivity index (χ1v) is 16.4. The number of pyridine rings is 2. The topological polar surface area (TPSA) is 73.8 Å². The predicted molar refractivity (Wildman–Crippen MR) is 146 cm³/mol. The number of nitrogens with zero attached hydrogens (tertiary/aromatic N) is 3. The van der Waals surface area contributed by atoms with E-state index in [-0.39, 0.29) is 5.97 Å². The minimum absolute atomic E-state index is 0.168. The van der Waals surface area contributed by atoms with Crippen molar-refractivity contribution in [3.05, 3.63) is 53.9 Å². The Kier molecular flexibility index (Phi) is 8.17. The molecule has 1 aromatic carbocycles. The fraction of sp³-hybridized carbons (Fsp3) is 0.444.